The highest BCUT2D eigenvalue weighted by Crippen LogP contribution is 2.62. The molecule has 3 rings (SSSR count). The van der Waals surface area contributed by atoms with Gasteiger partial charge in [-0.3, -0.25) is 9.59 Å². The van der Waals surface area contributed by atoms with Crippen molar-refractivity contribution in [1.82, 2.24) is 4.98 Å². The van der Waals surface area contributed by atoms with Crippen molar-refractivity contribution in [2.24, 2.45) is 10.8 Å². The molecule has 0 aliphatic heterocycles. The lowest BCUT2D eigenvalue weighted by atomic mass is 9.81. The number of nitrogens with zero attached hydrogens (tertiary/aromatic N) is 1. The number of carboxylic acids is 1. The molecule has 7 heteroatoms. The minimum absolute atomic E-state index is 0.132. The molecule has 23 heavy (non-hydrogen) atoms. The zero-order chi connectivity index (χ0) is 16.7. The Morgan fingerprint density at radius 1 is 1.17 bits per heavy atom. The van der Waals surface area contributed by atoms with Crippen molar-refractivity contribution in [3.63, 3.8) is 0 Å². The first-order valence-electron chi connectivity index (χ1n) is 7.58. The third kappa shape index (κ3) is 2.40. The van der Waals surface area contributed by atoms with Gasteiger partial charge in [0.2, 0.25) is 5.91 Å². The minimum Gasteiger partial charge on any atom is -0.491 e. The molecule has 124 valence electrons. The summed E-state index contributed by atoms with van der Waals surface area (Å²) in [6, 6.07) is 1.65. The molecular formula is C16H20N2O5. The predicted octanol–water partition coefficient (Wildman–Crippen LogP) is 2.07. The van der Waals surface area contributed by atoms with E-state index in [1.807, 2.05) is 0 Å². The highest BCUT2D eigenvalue weighted by Gasteiger charge is 2.61. The lowest BCUT2D eigenvalue weighted by Gasteiger charge is -2.25. The average Bonchev–Trinajstić information content (AvgIpc) is 3.14. The van der Waals surface area contributed by atoms with Crippen LogP contribution in [0.4, 0.5) is 5.69 Å². The highest BCUT2D eigenvalue weighted by atomic mass is 16.5. The third-order valence-electron chi connectivity index (χ3n) is 5.27. The van der Waals surface area contributed by atoms with Crippen molar-refractivity contribution in [3.8, 4) is 11.6 Å². The van der Waals surface area contributed by atoms with E-state index in [1.165, 1.54) is 20.4 Å². The van der Waals surface area contributed by atoms with Crippen LogP contribution in [0, 0.1) is 10.8 Å². The molecule has 0 atom stereocenters. The first-order valence-corrected chi connectivity index (χ1v) is 7.58. The van der Waals surface area contributed by atoms with Crippen molar-refractivity contribution in [2.45, 2.75) is 32.1 Å². The van der Waals surface area contributed by atoms with Crippen LogP contribution in [0.3, 0.4) is 0 Å². The third-order valence-corrected chi connectivity index (χ3v) is 5.27. The molecular weight excluding hydrogens is 300 g/mol. The van der Waals surface area contributed by atoms with Gasteiger partial charge in [-0.15, -0.1) is 0 Å². The SMILES string of the molecule is COc1cc(NC(=O)C23CCC(C(=O)O)(CC2)C3)cnc1OC. The molecule has 0 radical (unpaired) electrons. The lowest BCUT2D eigenvalue weighted by Crippen LogP contribution is -2.32. The molecule has 2 bridgehead atoms. The summed E-state index contributed by atoms with van der Waals surface area (Å²) in [7, 11) is 2.99. The zero-order valence-corrected chi connectivity index (χ0v) is 13.2. The molecule has 0 aromatic carbocycles. The molecule has 2 aliphatic carbocycles. The molecule has 1 aromatic heterocycles. The Balaban J connectivity index is 1.77. The minimum atomic E-state index is -0.780. The van der Waals surface area contributed by atoms with Gasteiger partial charge in [-0.1, -0.05) is 0 Å². The van der Waals surface area contributed by atoms with Crippen LogP contribution >= 0.6 is 0 Å². The quantitative estimate of drug-likeness (QED) is 0.862. The van der Waals surface area contributed by atoms with E-state index in [4.69, 9.17) is 9.47 Å². The molecule has 2 N–H and O–H groups in total. The number of fused-ring (bicyclic) bond motifs is 2. The molecule has 1 aromatic rings. The number of ether oxygens (including phenoxy) is 2. The number of aliphatic carboxylic acids is 1. The molecule has 1 amide bonds. The normalized spacial score (nSPS) is 28.4. The summed E-state index contributed by atoms with van der Waals surface area (Å²) >= 11 is 0. The number of aromatic nitrogens is 1. The summed E-state index contributed by atoms with van der Waals surface area (Å²) in [5.74, 6) is -0.139. The standard InChI is InChI=1S/C16H20N2O5/c1-22-11-7-10(8-17-12(11)23-2)18-13(19)15-3-5-16(9-15,6-4-15)14(20)21/h7-8H,3-6,9H2,1-2H3,(H,18,19)(H,20,21). The Morgan fingerprint density at radius 2 is 1.83 bits per heavy atom. The number of hydrogen-bond donors (Lipinski definition) is 2. The van der Waals surface area contributed by atoms with E-state index in [9.17, 15) is 14.7 Å². The van der Waals surface area contributed by atoms with Crippen molar-refractivity contribution in [3.05, 3.63) is 12.3 Å². The number of carboxylic acid groups (broad SMARTS) is 1. The fraction of sp³-hybridized carbons (Fsp3) is 0.562. The van der Waals surface area contributed by atoms with E-state index in [-0.39, 0.29) is 5.91 Å². The van der Waals surface area contributed by atoms with E-state index in [2.05, 4.69) is 10.3 Å². The Hall–Kier alpha value is -2.31. The monoisotopic (exact) mass is 320 g/mol. The van der Waals surface area contributed by atoms with Gasteiger partial charge in [-0.05, 0) is 32.1 Å². The van der Waals surface area contributed by atoms with Crippen LogP contribution < -0.4 is 14.8 Å². The van der Waals surface area contributed by atoms with Crippen LogP contribution in [0.15, 0.2) is 12.3 Å². The largest absolute Gasteiger partial charge is 0.491 e. The molecule has 0 saturated heterocycles. The van der Waals surface area contributed by atoms with Gasteiger partial charge in [-0.2, -0.15) is 0 Å². The smallest absolute Gasteiger partial charge is 0.309 e. The van der Waals surface area contributed by atoms with E-state index in [1.54, 1.807) is 6.07 Å². The maximum Gasteiger partial charge on any atom is 0.309 e. The summed E-state index contributed by atoms with van der Waals surface area (Å²) in [6.07, 6.45) is 4.30. The summed E-state index contributed by atoms with van der Waals surface area (Å²) in [5, 5.41) is 12.3. The number of rotatable bonds is 5. The first-order chi connectivity index (χ1) is 10.9. The number of anilines is 1. The Morgan fingerprint density at radius 3 is 2.35 bits per heavy atom. The van der Waals surface area contributed by atoms with Gasteiger partial charge in [-0.25, -0.2) is 4.98 Å². The van der Waals surface area contributed by atoms with Crippen molar-refractivity contribution < 1.29 is 24.2 Å². The molecule has 2 saturated carbocycles. The van der Waals surface area contributed by atoms with Crippen molar-refractivity contribution in [1.29, 1.82) is 0 Å². The number of carbonyl (C=O) groups excluding carboxylic acids is 1. The number of carbonyl (C=O) groups is 2. The van der Waals surface area contributed by atoms with Crippen LogP contribution in [0.5, 0.6) is 11.6 Å². The molecule has 2 aliphatic rings. The van der Waals surface area contributed by atoms with Gasteiger partial charge in [0.05, 0.1) is 36.9 Å². The van der Waals surface area contributed by atoms with E-state index in [0.717, 1.165) is 0 Å². The topological polar surface area (TPSA) is 97.8 Å². The van der Waals surface area contributed by atoms with Crippen LogP contribution in [0.1, 0.15) is 32.1 Å². The number of nitrogens with one attached hydrogen (secondary N) is 1. The average molecular weight is 320 g/mol. The Bertz CT molecular complexity index is 650. The second-order valence-electron chi connectivity index (χ2n) is 6.43. The lowest BCUT2D eigenvalue weighted by molar-refractivity contribution is -0.148. The maximum absolute atomic E-state index is 12.7. The van der Waals surface area contributed by atoms with E-state index >= 15 is 0 Å². The maximum atomic E-state index is 12.7. The Kier molecular flexibility index (Phi) is 3.66. The van der Waals surface area contributed by atoms with E-state index < -0.39 is 16.8 Å². The summed E-state index contributed by atoms with van der Waals surface area (Å²) in [5.41, 5.74) is -0.777. The molecule has 1 heterocycles. The van der Waals surface area contributed by atoms with Crippen molar-refractivity contribution in [2.75, 3.05) is 19.5 Å². The summed E-state index contributed by atoms with van der Waals surface area (Å²) < 4.78 is 10.2. The number of pyridine rings is 1. The van der Waals surface area contributed by atoms with Crippen LogP contribution in [-0.2, 0) is 9.59 Å². The Labute approximate surface area is 134 Å². The van der Waals surface area contributed by atoms with Gasteiger partial charge >= 0.3 is 5.97 Å². The van der Waals surface area contributed by atoms with Crippen LogP contribution in [-0.4, -0.2) is 36.2 Å². The van der Waals surface area contributed by atoms with Gasteiger partial charge in [0.25, 0.3) is 5.88 Å². The van der Waals surface area contributed by atoms with E-state index in [0.29, 0.717) is 49.4 Å². The molecule has 0 spiro atoms. The highest BCUT2D eigenvalue weighted by molar-refractivity contribution is 5.97. The summed E-state index contributed by atoms with van der Waals surface area (Å²) in [4.78, 5) is 28.3. The summed E-state index contributed by atoms with van der Waals surface area (Å²) in [6.45, 7) is 0. The second-order valence-corrected chi connectivity index (χ2v) is 6.43. The predicted molar refractivity (Wildman–Crippen MR) is 81.6 cm³/mol. The molecule has 7 nitrogen and oxygen atoms in total. The van der Waals surface area contributed by atoms with Gasteiger partial charge in [0, 0.05) is 6.07 Å². The molecule has 0 unspecified atom stereocenters. The molecule has 2 fully saturated rings. The fourth-order valence-electron chi connectivity index (χ4n) is 3.87. The number of amides is 1. The van der Waals surface area contributed by atoms with Gasteiger partial charge < -0.3 is 19.9 Å². The van der Waals surface area contributed by atoms with Crippen LogP contribution in [0.2, 0.25) is 0 Å². The van der Waals surface area contributed by atoms with Gasteiger partial charge in [0.15, 0.2) is 5.75 Å². The van der Waals surface area contributed by atoms with Crippen molar-refractivity contribution >= 4 is 17.6 Å². The zero-order valence-electron chi connectivity index (χ0n) is 13.2. The number of methoxy groups -OCH3 is 2. The second kappa shape index (κ2) is 5.40. The van der Waals surface area contributed by atoms with Gasteiger partial charge in [0.1, 0.15) is 0 Å². The number of hydrogen-bond acceptors (Lipinski definition) is 5. The fourth-order valence-corrected chi connectivity index (χ4v) is 3.87. The van der Waals surface area contributed by atoms with Crippen LogP contribution in [0.25, 0.3) is 0 Å². The first kappa shape index (κ1) is 15.6.